The molecular weight excluding hydrogens is 822 g/mol. The van der Waals surface area contributed by atoms with Gasteiger partial charge in [-0.1, -0.05) is 140 Å². The summed E-state index contributed by atoms with van der Waals surface area (Å²) in [6, 6.07) is 64.5. The normalized spacial score (nSPS) is 17.2. The van der Waals surface area contributed by atoms with Gasteiger partial charge in [-0.3, -0.25) is 0 Å². The lowest BCUT2D eigenvalue weighted by Crippen LogP contribution is -2.61. The predicted molar refractivity (Wildman–Crippen MR) is 291 cm³/mol. The van der Waals surface area contributed by atoms with Gasteiger partial charge in [-0.25, -0.2) is 0 Å². The van der Waals surface area contributed by atoms with Gasteiger partial charge in [0.25, 0.3) is 6.71 Å². The Morgan fingerprint density at radius 1 is 0.397 bits per heavy atom. The van der Waals surface area contributed by atoms with Crippen LogP contribution in [0.4, 0.5) is 51.2 Å². The van der Waals surface area contributed by atoms with Crippen molar-refractivity contribution < 1.29 is 0 Å². The number of benzene rings is 8. The van der Waals surface area contributed by atoms with Crippen molar-refractivity contribution in [1.29, 1.82) is 0 Å². The molecule has 2 aliphatic carbocycles. The lowest BCUT2D eigenvalue weighted by molar-refractivity contribution is 0.403. The van der Waals surface area contributed by atoms with E-state index in [0.29, 0.717) is 0 Å². The van der Waals surface area contributed by atoms with Crippen LogP contribution in [0.25, 0.3) is 11.1 Å². The third kappa shape index (κ3) is 6.47. The van der Waals surface area contributed by atoms with Crippen LogP contribution in [0, 0.1) is 13.8 Å². The van der Waals surface area contributed by atoms with Crippen LogP contribution in [0.2, 0.25) is 0 Å². The van der Waals surface area contributed by atoms with Gasteiger partial charge in [-0.15, -0.1) is 0 Å². The average molecular weight is 884 g/mol. The molecule has 0 saturated heterocycles. The first-order valence-corrected chi connectivity index (χ1v) is 24.8. The number of hydrogen-bond donors (Lipinski definition) is 0. The van der Waals surface area contributed by atoms with Crippen molar-refractivity contribution in [2.45, 2.75) is 104 Å². The highest BCUT2D eigenvalue weighted by atomic mass is 15.2. The molecule has 0 aromatic heterocycles. The van der Waals surface area contributed by atoms with E-state index in [-0.39, 0.29) is 28.4 Å². The first kappa shape index (κ1) is 42.6. The Balaban J connectivity index is 1.17. The summed E-state index contributed by atoms with van der Waals surface area (Å²) >= 11 is 0. The van der Waals surface area contributed by atoms with Gasteiger partial charge in [0, 0.05) is 51.2 Å². The van der Waals surface area contributed by atoms with Gasteiger partial charge in [0.2, 0.25) is 0 Å². The molecule has 4 aliphatic rings. The molecule has 0 unspecified atom stereocenters. The smallest absolute Gasteiger partial charge is 0.252 e. The molecule has 0 spiro atoms. The Morgan fingerprint density at radius 2 is 0.926 bits per heavy atom. The molecule has 8 aromatic carbocycles. The topological polar surface area (TPSA) is 9.72 Å². The van der Waals surface area contributed by atoms with E-state index in [1.807, 2.05) is 0 Å². The number of hydrogen-bond acceptors (Lipinski definition) is 3. The summed E-state index contributed by atoms with van der Waals surface area (Å²) in [5.41, 5.74) is 26.0. The van der Waals surface area contributed by atoms with Crippen LogP contribution in [0.3, 0.4) is 0 Å². The molecule has 0 radical (unpaired) electrons. The maximum Gasteiger partial charge on any atom is 0.252 e. The van der Waals surface area contributed by atoms with E-state index in [2.05, 4.69) is 254 Å². The molecule has 0 bridgehead atoms. The van der Waals surface area contributed by atoms with Crippen LogP contribution < -0.4 is 31.1 Å². The fraction of sp³-hybridized carbons (Fsp3) is 0.250. The summed E-state index contributed by atoms with van der Waals surface area (Å²) in [5.74, 6) is 0. The van der Waals surface area contributed by atoms with Gasteiger partial charge in [0.05, 0.1) is 0 Å². The SMILES string of the molecule is Cc1cc2c3c(c1)N(c1ccc(-c4ccccc4)cc1C)c1ccc(N(c4ccccc4)c4ccccc4)cc1B3c1cc3c(cc1N2c1ccc2c(c1)C(C)(C)CC2(C)C)C(C)(C)CC3(C)C. The van der Waals surface area contributed by atoms with Crippen molar-refractivity contribution in [2.24, 2.45) is 0 Å². The maximum absolute atomic E-state index is 2.67. The number of fused-ring (bicyclic) bond motifs is 6. The Morgan fingerprint density at radius 3 is 1.54 bits per heavy atom. The minimum Gasteiger partial charge on any atom is -0.311 e. The van der Waals surface area contributed by atoms with Crippen LogP contribution in [-0.4, -0.2) is 6.71 Å². The zero-order valence-electron chi connectivity index (χ0n) is 41.5. The van der Waals surface area contributed by atoms with Crippen molar-refractivity contribution in [1.82, 2.24) is 0 Å². The van der Waals surface area contributed by atoms with E-state index in [0.717, 1.165) is 29.9 Å². The van der Waals surface area contributed by atoms with Crippen molar-refractivity contribution in [2.75, 3.05) is 14.7 Å². The summed E-state index contributed by atoms with van der Waals surface area (Å²) in [6.45, 7) is 24.2. The molecular formula is C64H62BN3. The monoisotopic (exact) mass is 884 g/mol. The second-order valence-electron chi connectivity index (χ2n) is 23.0. The van der Waals surface area contributed by atoms with Crippen LogP contribution in [-0.2, 0) is 21.7 Å². The van der Waals surface area contributed by atoms with E-state index in [1.165, 1.54) is 95.0 Å². The van der Waals surface area contributed by atoms with Crippen molar-refractivity contribution in [3.8, 4) is 11.1 Å². The Hall–Kier alpha value is -6.78. The molecule has 0 N–H and O–H groups in total. The van der Waals surface area contributed by atoms with Crippen LogP contribution >= 0.6 is 0 Å². The fourth-order valence-corrected chi connectivity index (χ4v) is 13.7. The van der Waals surface area contributed by atoms with Gasteiger partial charge in [0.15, 0.2) is 0 Å². The van der Waals surface area contributed by atoms with Crippen LogP contribution in [0.1, 0.15) is 102 Å². The molecule has 0 amide bonds. The maximum atomic E-state index is 2.67. The van der Waals surface area contributed by atoms with Gasteiger partial charge in [-0.05, 0) is 194 Å². The standard InChI is InChI=1S/C64H62BN3/c1-41-32-58-60-59(33-41)68(55-30-26-44(34-42(55)2)43-20-14-11-15-21-43)56-31-28-48(66(45-22-16-12-17-23-45)46-24-18-13-19-25-46)36-53(56)65(60)54-37-51-52(64(9,10)40-63(51,7)8)38-57(54)67(58)47-27-29-49-50(35-47)62(5,6)39-61(49,3)4/h11-38H,39-40H2,1-10H3. The van der Waals surface area contributed by atoms with E-state index >= 15 is 0 Å². The van der Waals surface area contributed by atoms with E-state index < -0.39 is 0 Å². The first-order valence-electron chi connectivity index (χ1n) is 24.8. The highest BCUT2D eigenvalue weighted by Gasteiger charge is 2.49. The quantitative estimate of drug-likeness (QED) is 0.154. The Kier molecular flexibility index (Phi) is 9.30. The molecule has 2 aliphatic heterocycles. The Labute approximate surface area is 405 Å². The van der Waals surface area contributed by atoms with Crippen LogP contribution in [0.15, 0.2) is 170 Å². The van der Waals surface area contributed by atoms with E-state index in [9.17, 15) is 0 Å². The van der Waals surface area contributed by atoms with Gasteiger partial charge >= 0.3 is 0 Å². The van der Waals surface area contributed by atoms with E-state index in [1.54, 1.807) is 0 Å². The second kappa shape index (κ2) is 14.9. The molecule has 8 aromatic rings. The number of anilines is 9. The zero-order chi connectivity index (χ0) is 47.1. The van der Waals surface area contributed by atoms with Gasteiger partial charge in [0.1, 0.15) is 0 Å². The molecule has 12 rings (SSSR count). The number of aryl methyl sites for hydroxylation is 2. The molecule has 68 heavy (non-hydrogen) atoms. The van der Waals surface area contributed by atoms with Crippen molar-refractivity contribution in [3.63, 3.8) is 0 Å². The van der Waals surface area contributed by atoms with Gasteiger partial charge in [-0.2, -0.15) is 0 Å². The average Bonchev–Trinajstić information content (AvgIpc) is 3.62. The lowest BCUT2D eigenvalue weighted by atomic mass is 9.33. The largest absolute Gasteiger partial charge is 0.311 e. The van der Waals surface area contributed by atoms with Crippen molar-refractivity contribution >= 4 is 74.3 Å². The molecule has 0 saturated carbocycles. The summed E-state index contributed by atoms with van der Waals surface area (Å²) in [5, 5.41) is 0. The Bertz CT molecular complexity index is 3290. The minimum atomic E-state index is -0.0232. The summed E-state index contributed by atoms with van der Waals surface area (Å²) < 4.78 is 0. The summed E-state index contributed by atoms with van der Waals surface area (Å²) in [7, 11) is 0. The fourth-order valence-electron chi connectivity index (χ4n) is 13.7. The van der Waals surface area contributed by atoms with Gasteiger partial charge < -0.3 is 14.7 Å². The third-order valence-electron chi connectivity index (χ3n) is 16.1. The second-order valence-corrected chi connectivity index (χ2v) is 23.0. The molecule has 0 atom stereocenters. The number of nitrogens with zero attached hydrogens (tertiary/aromatic N) is 3. The molecule has 0 fully saturated rings. The highest BCUT2D eigenvalue weighted by Crippen LogP contribution is 2.55. The predicted octanol–water partition coefficient (Wildman–Crippen LogP) is 15.4. The first-order chi connectivity index (χ1) is 32.5. The van der Waals surface area contributed by atoms with E-state index in [4.69, 9.17) is 0 Å². The number of rotatable bonds is 6. The summed E-state index contributed by atoms with van der Waals surface area (Å²) in [6.07, 6.45) is 2.24. The molecule has 2 heterocycles. The zero-order valence-corrected chi connectivity index (χ0v) is 41.5. The highest BCUT2D eigenvalue weighted by molar-refractivity contribution is 7.00. The van der Waals surface area contributed by atoms with Crippen molar-refractivity contribution in [3.05, 3.63) is 203 Å². The summed E-state index contributed by atoms with van der Waals surface area (Å²) in [4.78, 5) is 7.69. The molecule has 4 heteroatoms. The third-order valence-corrected chi connectivity index (χ3v) is 16.1. The molecule has 3 nitrogen and oxygen atoms in total. The molecule has 336 valence electrons. The number of para-hydroxylation sites is 2. The minimum absolute atomic E-state index is 0.0232. The van der Waals surface area contributed by atoms with Crippen LogP contribution in [0.5, 0.6) is 0 Å². The lowest BCUT2D eigenvalue weighted by Gasteiger charge is -2.45.